The lowest BCUT2D eigenvalue weighted by Gasteiger charge is -2.20. The zero-order chi connectivity index (χ0) is 13.7. The molecule has 1 atom stereocenters. The van der Waals surface area contributed by atoms with Gasteiger partial charge in [-0.3, -0.25) is 0 Å². The molecule has 3 nitrogen and oxygen atoms in total. The van der Waals surface area contributed by atoms with Crippen LogP contribution in [0.4, 0.5) is 0 Å². The van der Waals surface area contributed by atoms with Gasteiger partial charge < -0.3 is 15.8 Å². The van der Waals surface area contributed by atoms with Gasteiger partial charge in [0.25, 0.3) is 0 Å². The summed E-state index contributed by atoms with van der Waals surface area (Å²) in [7, 11) is 0. The number of hydrogen-bond acceptors (Lipinski definition) is 2. The average molecular weight is 264 g/mol. The van der Waals surface area contributed by atoms with Crippen molar-refractivity contribution in [3.63, 3.8) is 0 Å². The zero-order valence-electron chi connectivity index (χ0n) is 11.1. The topological polar surface area (TPSA) is 62.0 Å². The van der Waals surface area contributed by atoms with Gasteiger partial charge in [-0.1, -0.05) is 12.1 Å². The van der Waals surface area contributed by atoms with Crippen molar-refractivity contribution in [3.05, 3.63) is 53.6 Å². The molecule has 0 saturated carbocycles. The lowest BCUT2D eigenvalue weighted by atomic mass is 9.87. The molecule has 0 bridgehead atoms. The molecule has 1 unspecified atom stereocenters. The molecule has 0 aliphatic heterocycles. The van der Waals surface area contributed by atoms with Gasteiger partial charge in [-0.2, -0.15) is 0 Å². The molecule has 4 rings (SSSR count). The molecule has 0 spiro atoms. The van der Waals surface area contributed by atoms with Crippen LogP contribution in [0.1, 0.15) is 23.6 Å². The number of aryl methyl sites for hydroxylation is 1. The summed E-state index contributed by atoms with van der Waals surface area (Å²) in [6, 6.07) is 13.8. The highest BCUT2D eigenvalue weighted by atomic mass is 16.3. The molecule has 1 aliphatic carbocycles. The van der Waals surface area contributed by atoms with Crippen LogP contribution in [0.25, 0.3) is 22.2 Å². The fourth-order valence-corrected chi connectivity index (χ4v) is 3.24. The van der Waals surface area contributed by atoms with Crippen molar-refractivity contribution in [3.8, 4) is 17.0 Å². The number of hydrogen-bond donors (Lipinski definition) is 3. The highest BCUT2D eigenvalue weighted by Crippen LogP contribution is 2.39. The van der Waals surface area contributed by atoms with Crippen molar-refractivity contribution in [1.82, 2.24) is 4.98 Å². The number of phenols is 1. The van der Waals surface area contributed by atoms with Crippen LogP contribution in [0.15, 0.2) is 42.5 Å². The van der Waals surface area contributed by atoms with Gasteiger partial charge in [0.1, 0.15) is 5.75 Å². The fourth-order valence-electron chi connectivity index (χ4n) is 3.24. The van der Waals surface area contributed by atoms with E-state index in [9.17, 15) is 5.11 Å². The zero-order valence-corrected chi connectivity index (χ0v) is 11.1. The minimum atomic E-state index is 0.134. The van der Waals surface area contributed by atoms with Gasteiger partial charge in [-0.25, -0.2) is 0 Å². The van der Waals surface area contributed by atoms with Crippen molar-refractivity contribution < 1.29 is 5.11 Å². The molecule has 0 saturated heterocycles. The minimum Gasteiger partial charge on any atom is -0.508 e. The maximum absolute atomic E-state index is 9.43. The van der Waals surface area contributed by atoms with E-state index in [1.54, 1.807) is 12.1 Å². The van der Waals surface area contributed by atoms with Crippen LogP contribution >= 0.6 is 0 Å². The Hall–Kier alpha value is -2.26. The number of aromatic hydroxyl groups is 1. The van der Waals surface area contributed by atoms with Crippen molar-refractivity contribution >= 4 is 10.9 Å². The van der Waals surface area contributed by atoms with Crippen molar-refractivity contribution in [2.24, 2.45) is 5.73 Å². The molecule has 3 aromatic rings. The van der Waals surface area contributed by atoms with Gasteiger partial charge in [0.15, 0.2) is 0 Å². The first-order valence-corrected chi connectivity index (χ1v) is 6.92. The first kappa shape index (κ1) is 11.6. The van der Waals surface area contributed by atoms with Crippen LogP contribution in [0.5, 0.6) is 5.75 Å². The second-order valence-corrected chi connectivity index (χ2v) is 5.44. The largest absolute Gasteiger partial charge is 0.508 e. The monoisotopic (exact) mass is 264 g/mol. The van der Waals surface area contributed by atoms with Crippen LogP contribution < -0.4 is 5.73 Å². The summed E-state index contributed by atoms with van der Waals surface area (Å²) in [5.41, 5.74) is 12.2. The third kappa shape index (κ3) is 1.57. The summed E-state index contributed by atoms with van der Waals surface area (Å²) in [6.45, 7) is 0. The standard InChI is InChI=1S/C17H16N2O/c18-14-9-8-13-16-12(14)2-1-3-15(16)19-17(13)10-4-6-11(20)7-5-10/h1-7,14,19-20H,8-9,18H2. The molecular formula is C17H16N2O. The van der Waals surface area contributed by atoms with Crippen LogP contribution in [0.2, 0.25) is 0 Å². The molecule has 3 heteroatoms. The summed E-state index contributed by atoms with van der Waals surface area (Å²) in [5, 5.41) is 10.7. The molecule has 0 radical (unpaired) electrons. The maximum Gasteiger partial charge on any atom is 0.115 e. The lowest BCUT2D eigenvalue weighted by Crippen LogP contribution is -2.15. The van der Waals surface area contributed by atoms with Crippen molar-refractivity contribution in [2.75, 3.05) is 0 Å². The van der Waals surface area contributed by atoms with Gasteiger partial charge in [0, 0.05) is 22.6 Å². The maximum atomic E-state index is 9.43. The van der Waals surface area contributed by atoms with Crippen LogP contribution in [-0.4, -0.2) is 10.1 Å². The molecule has 0 fully saturated rings. The molecule has 1 aromatic heterocycles. The van der Waals surface area contributed by atoms with Gasteiger partial charge in [-0.15, -0.1) is 0 Å². The predicted molar refractivity (Wildman–Crippen MR) is 80.6 cm³/mol. The third-order valence-corrected chi connectivity index (χ3v) is 4.22. The van der Waals surface area contributed by atoms with E-state index in [1.165, 1.54) is 16.5 Å². The molecular weight excluding hydrogens is 248 g/mol. The third-order valence-electron chi connectivity index (χ3n) is 4.22. The number of H-pyrrole nitrogens is 1. The number of aromatic amines is 1. The first-order valence-electron chi connectivity index (χ1n) is 6.92. The number of benzene rings is 2. The van der Waals surface area contributed by atoms with Crippen LogP contribution in [-0.2, 0) is 6.42 Å². The Morgan fingerprint density at radius 3 is 2.70 bits per heavy atom. The van der Waals surface area contributed by atoms with Gasteiger partial charge >= 0.3 is 0 Å². The van der Waals surface area contributed by atoms with E-state index in [-0.39, 0.29) is 6.04 Å². The van der Waals surface area contributed by atoms with Crippen LogP contribution in [0, 0.1) is 0 Å². The Kier molecular flexibility index (Phi) is 2.38. The smallest absolute Gasteiger partial charge is 0.115 e. The summed E-state index contributed by atoms with van der Waals surface area (Å²) in [4.78, 5) is 3.52. The Morgan fingerprint density at radius 1 is 1.10 bits per heavy atom. The van der Waals surface area contributed by atoms with Crippen molar-refractivity contribution in [2.45, 2.75) is 18.9 Å². The highest BCUT2D eigenvalue weighted by molar-refractivity contribution is 5.94. The number of rotatable bonds is 1. The first-order chi connectivity index (χ1) is 9.74. The summed E-state index contributed by atoms with van der Waals surface area (Å²) < 4.78 is 0. The second-order valence-electron chi connectivity index (χ2n) is 5.44. The van der Waals surface area contributed by atoms with Crippen LogP contribution in [0.3, 0.4) is 0 Å². The van der Waals surface area contributed by atoms with E-state index in [0.717, 1.165) is 29.6 Å². The van der Waals surface area contributed by atoms with E-state index in [2.05, 4.69) is 23.2 Å². The number of nitrogens with one attached hydrogen (secondary N) is 1. The van der Waals surface area contributed by atoms with Gasteiger partial charge in [0.2, 0.25) is 0 Å². The Labute approximate surface area is 117 Å². The Bertz CT molecular complexity index is 787. The number of nitrogens with two attached hydrogens (primary N) is 1. The van der Waals surface area contributed by atoms with Gasteiger partial charge in [0.05, 0.1) is 0 Å². The van der Waals surface area contributed by atoms with Crippen molar-refractivity contribution in [1.29, 1.82) is 0 Å². The van der Waals surface area contributed by atoms with E-state index in [4.69, 9.17) is 5.73 Å². The van der Waals surface area contributed by atoms with E-state index in [0.29, 0.717) is 5.75 Å². The van der Waals surface area contributed by atoms with E-state index >= 15 is 0 Å². The molecule has 1 aliphatic rings. The second kappa shape index (κ2) is 4.12. The Morgan fingerprint density at radius 2 is 1.90 bits per heavy atom. The minimum absolute atomic E-state index is 0.134. The van der Waals surface area contributed by atoms with Gasteiger partial charge in [-0.05, 0) is 59.9 Å². The highest BCUT2D eigenvalue weighted by Gasteiger charge is 2.23. The molecule has 0 amide bonds. The SMILES string of the molecule is NC1CCc2c(-c3ccc(O)cc3)[nH]c3cccc1c23. The molecule has 100 valence electrons. The normalized spacial score (nSPS) is 17.6. The lowest BCUT2D eigenvalue weighted by molar-refractivity contribution is 0.475. The fraction of sp³-hybridized carbons (Fsp3) is 0.176. The average Bonchev–Trinajstić information content (AvgIpc) is 2.84. The molecule has 20 heavy (non-hydrogen) atoms. The number of aromatic nitrogens is 1. The summed E-state index contributed by atoms with van der Waals surface area (Å²) in [6.07, 6.45) is 1.98. The molecule has 4 N–H and O–H groups in total. The molecule has 2 aromatic carbocycles. The van der Waals surface area contributed by atoms with E-state index in [1.807, 2.05) is 12.1 Å². The molecule has 1 heterocycles. The number of phenolic OH excluding ortho intramolecular Hbond substituents is 1. The Balaban J connectivity index is 2.01. The quantitative estimate of drug-likeness (QED) is 0.630. The predicted octanol–water partition coefficient (Wildman–Crippen LogP) is 3.49. The van der Waals surface area contributed by atoms with E-state index < -0.39 is 0 Å². The summed E-state index contributed by atoms with van der Waals surface area (Å²) >= 11 is 0. The summed E-state index contributed by atoms with van der Waals surface area (Å²) in [5.74, 6) is 0.293.